The first kappa shape index (κ1) is 15.7. The van der Waals surface area contributed by atoms with Crippen LogP contribution >= 0.6 is 15.9 Å². The Kier molecular flexibility index (Phi) is 4.45. The molecule has 2 heterocycles. The molecule has 0 radical (unpaired) electrons. The van der Waals surface area contributed by atoms with Gasteiger partial charge in [0.15, 0.2) is 4.67 Å². The van der Waals surface area contributed by atoms with Crippen LogP contribution in [0.2, 0.25) is 0 Å². The largest absolute Gasteiger partial charge is 0.475 e. The first-order valence-corrected chi connectivity index (χ1v) is 8.00. The maximum absolute atomic E-state index is 12.2. The predicted octanol–water partition coefficient (Wildman–Crippen LogP) is 1.92. The van der Waals surface area contributed by atoms with Crippen LogP contribution in [0.25, 0.3) is 0 Å². The van der Waals surface area contributed by atoms with Crippen molar-refractivity contribution in [1.82, 2.24) is 9.71 Å². The van der Waals surface area contributed by atoms with E-state index in [1.54, 1.807) is 18.5 Å². The third-order valence-corrected chi connectivity index (χ3v) is 5.01. The second-order valence-electron chi connectivity index (χ2n) is 4.18. The van der Waals surface area contributed by atoms with Crippen LogP contribution in [0, 0.1) is 6.92 Å². The van der Waals surface area contributed by atoms with Crippen LogP contribution in [0.4, 0.5) is 0 Å². The Balaban J connectivity index is 2.23. The predicted molar refractivity (Wildman–Crippen MR) is 76.4 cm³/mol. The lowest BCUT2D eigenvalue weighted by Crippen LogP contribution is -2.23. The molecule has 21 heavy (non-hydrogen) atoms. The summed E-state index contributed by atoms with van der Waals surface area (Å²) in [6, 6.07) is 2.71. The summed E-state index contributed by atoms with van der Waals surface area (Å²) in [4.78, 5) is 14.4. The van der Waals surface area contributed by atoms with Crippen LogP contribution in [0.1, 0.15) is 21.7 Å². The molecule has 0 aliphatic rings. The number of rotatable bonds is 5. The molecule has 0 fully saturated rings. The number of aromatic nitrogens is 1. The average molecular weight is 375 g/mol. The zero-order valence-electron chi connectivity index (χ0n) is 10.8. The molecule has 0 aliphatic heterocycles. The number of nitrogens with one attached hydrogen (secondary N) is 1. The molecule has 2 N–H and O–H groups in total. The Hall–Kier alpha value is -1.71. The average Bonchev–Trinajstić information content (AvgIpc) is 2.81. The van der Waals surface area contributed by atoms with E-state index in [1.165, 1.54) is 0 Å². The van der Waals surface area contributed by atoms with Crippen molar-refractivity contribution in [2.24, 2.45) is 0 Å². The number of furan rings is 1. The van der Waals surface area contributed by atoms with Crippen molar-refractivity contribution < 1.29 is 22.7 Å². The lowest BCUT2D eigenvalue weighted by Gasteiger charge is -2.07. The van der Waals surface area contributed by atoms with E-state index in [0.29, 0.717) is 0 Å². The van der Waals surface area contributed by atoms with Gasteiger partial charge in [0, 0.05) is 25.0 Å². The maximum Gasteiger partial charge on any atom is 0.371 e. The van der Waals surface area contributed by atoms with Gasteiger partial charge in [0.1, 0.15) is 4.90 Å². The van der Waals surface area contributed by atoms with E-state index in [1.807, 2.05) is 6.92 Å². The topological polar surface area (TPSA) is 110 Å². The fraction of sp³-hybridized carbons (Fsp3) is 0.167. The van der Waals surface area contributed by atoms with Crippen molar-refractivity contribution in [2.75, 3.05) is 0 Å². The fourth-order valence-corrected chi connectivity index (χ4v) is 3.52. The fourth-order valence-electron chi connectivity index (χ4n) is 1.57. The molecule has 0 amide bonds. The number of halogens is 1. The molecule has 2 aromatic rings. The molecule has 0 aliphatic carbocycles. The summed E-state index contributed by atoms with van der Waals surface area (Å²) in [5.41, 5.74) is 1.62. The number of aromatic carboxylic acids is 1. The number of pyridine rings is 1. The van der Waals surface area contributed by atoms with Gasteiger partial charge in [-0.05, 0) is 40.0 Å². The Morgan fingerprint density at radius 1 is 1.52 bits per heavy atom. The van der Waals surface area contributed by atoms with Crippen LogP contribution in [0.5, 0.6) is 0 Å². The Bertz CT molecular complexity index is 785. The smallest absolute Gasteiger partial charge is 0.371 e. The van der Waals surface area contributed by atoms with Gasteiger partial charge in [-0.2, -0.15) is 0 Å². The number of aryl methyl sites for hydroxylation is 1. The second-order valence-corrected chi connectivity index (χ2v) is 6.64. The molecular weight excluding hydrogens is 364 g/mol. The Morgan fingerprint density at radius 3 is 2.81 bits per heavy atom. The van der Waals surface area contributed by atoms with Crippen molar-refractivity contribution in [2.45, 2.75) is 18.4 Å². The lowest BCUT2D eigenvalue weighted by molar-refractivity contribution is 0.0661. The molecule has 112 valence electrons. The number of carboxylic acid groups (broad SMARTS) is 1. The minimum absolute atomic E-state index is 0.0437. The molecule has 0 atom stereocenters. The van der Waals surface area contributed by atoms with Gasteiger partial charge in [0.25, 0.3) is 0 Å². The second kappa shape index (κ2) is 5.96. The summed E-state index contributed by atoms with van der Waals surface area (Å²) in [6.07, 6.45) is 3.17. The quantitative estimate of drug-likeness (QED) is 0.827. The van der Waals surface area contributed by atoms with Gasteiger partial charge in [-0.25, -0.2) is 17.9 Å². The number of sulfonamides is 1. The zero-order valence-corrected chi connectivity index (χ0v) is 13.2. The molecule has 0 aromatic carbocycles. The molecular formula is C12H11BrN2O5S. The van der Waals surface area contributed by atoms with E-state index < -0.39 is 21.8 Å². The maximum atomic E-state index is 12.2. The van der Waals surface area contributed by atoms with Gasteiger partial charge in [0.05, 0.1) is 0 Å². The summed E-state index contributed by atoms with van der Waals surface area (Å²) in [5.74, 6) is -1.81. The monoisotopic (exact) mass is 374 g/mol. The molecule has 2 aromatic heterocycles. The third kappa shape index (κ3) is 3.49. The van der Waals surface area contributed by atoms with Crippen molar-refractivity contribution in [3.05, 3.63) is 46.1 Å². The Labute approximate surface area is 129 Å². The molecule has 0 unspecified atom stereocenters. The molecule has 0 saturated heterocycles. The van der Waals surface area contributed by atoms with Crippen molar-refractivity contribution in [1.29, 1.82) is 0 Å². The lowest BCUT2D eigenvalue weighted by atomic mass is 10.2. The van der Waals surface area contributed by atoms with E-state index in [-0.39, 0.29) is 16.1 Å². The van der Waals surface area contributed by atoms with E-state index >= 15 is 0 Å². The summed E-state index contributed by atoms with van der Waals surface area (Å²) in [7, 11) is -3.90. The van der Waals surface area contributed by atoms with Gasteiger partial charge in [-0.15, -0.1) is 0 Å². The van der Waals surface area contributed by atoms with Gasteiger partial charge in [-0.3, -0.25) is 4.98 Å². The van der Waals surface area contributed by atoms with Crippen LogP contribution in [-0.2, 0) is 16.6 Å². The molecule has 0 bridgehead atoms. The summed E-state index contributed by atoms with van der Waals surface area (Å²) in [5, 5.41) is 8.79. The molecule has 7 nitrogen and oxygen atoms in total. The Morgan fingerprint density at radius 2 is 2.24 bits per heavy atom. The summed E-state index contributed by atoms with van der Waals surface area (Å²) < 4.78 is 31.4. The number of carboxylic acids is 1. The van der Waals surface area contributed by atoms with Crippen molar-refractivity contribution in [3.8, 4) is 0 Å². The van der Waals surface area contributed by atoms with Crippen LogP contribution in [-0.4, -0.2) is 24.5 Å². The normalized spacial score (nSPS) is 11.5. The van der Waals surface area contributed by atoms with Crippen LogP contribution < -0.4 is 4.72 Å². The third-order valence-electron chi connectivity index (χ3n) is 2.76. The summed E-state index contributed by atoms with van der Waals surface area (Å²) >= 11 is 2.90. The highest BCUT2D eigenvalue weighted by Crippen LogP contribution is 2.26. The van der Waals surface area contributed by atoms with E-state index in [2.05, 4.69) is 25.6 Å². The first-order chi connectivity index (χ1) is 9.81. The SMILES string of the molecule is Cc1ccncc1CNS(=O)(=O)c1cc(C(=O)O)oc1Br. The highest BCUT2D eigenvalue weighted by atomic mass is 79.9. The number of hydrogen-bond acceptors (Lipinski definition) is 5. The molecule has 2 rings (SSSR count). The molecule has 0 spiro atoms. The van der Waals surface area contributed by atoms with Gasteiger partial charge in [0.2, 0.25) is 15.8 Å². The van der Waals surface area contributed by atoms with Crippen LogP contribution in [0.3, 0.4) is 0 Å². The standard InChI is InChI=1S/C12H11BrN2O5S/c1-7-2-3-14-5-8(7)6-15-21(18,19)10-4-9(12(16)17)20-11(10)13/h2-5,15H,6H2,1H3,(H,16,17). The van der Waals surface area contributed by atoms with Gasteiger partial charge in [-0.1, -0.05) is 0 Å². The first-order valence-electron chi connectivity index (χ1n) is 5.73. The molecule has 9 heteroatoms. The van der Waals surface area contributed by atoms with Gasteiger partial charge < -0.3 is 9.52 Å². The number of carbonyl (C=O) groups is 1. The van der Waals surface area contributed by atoms with Gasteiger partial charge >= 0.3 is 5.97 Å². The zero-order chi connectivity index (χ0) is 15.6. The van der Waals surface area contributed by atoms with Crippen molar-refractivity contribution >= 4 is 31.9 Å². The van der Waals surface area contributed by atoms with E-state index in [0.717, 1.165) is 17.2 Å². The highest BCUT2D eigenvalue weighted by Gasteiger charge is 2.24. The van der Waals surface area contributed by atoms with E-state index in [4.69, 9.17) is 9.52 Å². The minimum atomic E-state index is -3.90. The van der Waals surface area contributed by atoms with E-state index in [9.17, 15) is 13.2 Å². The molecule has 0 saturated carbocycles. The number of hydrogen-bond donors (Lipinski definition) is 2. The minimum Gasteiger partial charge on any atom is -0.475 e. The summed E-state index contributed by atoms with van der Waals surface area (Å²) in [6.45, 7) is 1.88. The van der Waals surface area contributed by atoms with Crippen LogP contribution in [0.15, 0.2) is 38.5 Å². The van der Waals surface area contributed by atoms with Crippen molar-refractivity contribution in [3.63, 3.8) is 0 Å². The number of nitrogens with zero attached hydrogens (tertiary/aromatic N) is 1. The highest BCUT2D eigenvalue weighted by molar-refractivity contribution is 9.10.